The van der Waals surface area contributed by atoms with Crippen molar-refractivity contribution in [3.63, 3.8) is 0 Å². The van der Waals surface area contributed by atoms with Gasteiger partial charge >= 0.3 is 37.7 Å². The van der Waals surface area contributed by atoms with Gasteiger partial charge in [0.2, 0.25) is 0 Å². The average molecular weight is 230 g/mol. The molecule has 8 nitrogen and oxygen atoms in total. The van der Waals surface area contributed by atoms with E-state index in [4.69, 9.17) is 38.5 Å². The van der Waals surface area contributed by atoms with E-state index >= 15 is 0 Å². The second-order valence-corrected chi connectivity index (χ2v) is 2.68. The first kappa shape index (κ1) is 18.3. The van der Waals surface area contributed by atoms with Crippen LogP contribution in [0.4, 0.5) is 0 Å². The molecule has 0 aromatic heterocycles. The van der Waals surface area contributed by atoms with Crippen molar-refractivity contribution in [2.75, 3.05) is 0 Å². The zero-order chi connectivity index (χ0) is 9.00. The molecule has 0 aromatic rings. The Morgan fingerprint density at radius 3 is 0.636 bits per heavy atom. The van der Waals surface area contributed by atoms with Gasteiger partial charge in [0.15, 0.2) is 0 Å². The van der Waals surface area contributed by atoms with Crippen LogP contribution >= 0.6 is 15.6 Å². The van der Waals surface area contributed by atoms with E-state index in [1.807, 2.05) is 0 Å². The van der Waals surface area contributed by atoms with Gasteiger partial charge in [-0.1, -0.05) is 0 Å². The Morgan fingerprint density at radius 1 is 0.636 bits per heavy atom. The van der Waals surface area contributed by atoms with E-state index in [2.05, 4.69) is 0 Å². The molecule has 0 saturated heterocycles. The molecule has 0 unspecified atom stereocenters. The number of hydrogen-bond acceptors (Lipinski definition) is 8. The van der Waals surface area contributed by atoms with Crippen molar-refractivity contribution < 1.29 is 38.5 Å². The summed E-state index contributed by atoms with van der Waals surface area (Å²) in [6.07, 6.45) is 0. The van der Waals surface area contributed by atoms with Gasteiger partial charge in [-0.3, -0.25) is 0 Å². The zero-order valence-electron chi connectivity index (χ0n) is 4.87. The quantitative estimate of drug-likeness (QED) is 0.292. The fourth-order valence-corrected chi connectivity index (χ4v) is 0. The number of hydrogen-bond donors (Lipinski definition) is 0. The normalized spacial score (nSPS) is 10.7. The van der Waals surface area contributed by atoms with Crippen molar-refractivity contribution in [2.45, 2.75) is 0 Å². The van der Waals surface area contributed by atoms with E-state index in [0.29, 0.717) is 0 Å². The second kappa shape index (κ2) is 6.94. The first-order valence-electron chi connectivity index (χ1n) is 1.46. The van der Waals surface area contributed by atoms with Gasteiger partial charge in [0.25, 0.3) is 0 Å². The molecule has 0 spiro atoms. The summed E-state index contributed by atoms with van der Waals surface area (Å²) in [5, 5.41) is 0. The number of phosphoric acid groups is 2. The molecule has 0 bridgehead atoms. The van der Waals surface area contributed by atoms with E-state index in [9.17, 15) is 0 Å². The Balaban J connectivity index is -0.000000107. The van der Waals surface area contributed by atoms with Crippen LogP contribution in [0.5, 0.6) is 0 Å². The van der Waals surface area contributed by atoms with Gasteiger partial charge in [-0.05, 0) is 0 Å². The van der Waals surface area contributed by atoms with Crippen molar-refractivity contribution in [1.82, 2.24) is 0 Å². The molecule has 0 aliphatic heterocycles. The maximum absolute atomic E-state index is 8.55. The molecule has 0 aliphatic carbocycles. The molecular weight excluding hydrogens is 230 g/mol. The van der Waals surface area contributed by atoms with Gasteiger partial charge < -0.3 is 38.5 Å². The smallest absolute Gasteiger partial charge is 0.822 e. The van der Waals surface area contributed by atoms with E-state index in [1.54, 1.807) is 0 Å². The minimum atomic E-state index is -5.39. The molecule has 0 atom stereocenters. The van der Waals surface area contributed by atoms with Gasteiger partial charge in [-0.2, -0.15) is 15.6 Å². The molecule has 11 heteroatoms. The van der Waals surface area contributed by atoms with Crippen molar-refractivity contribution in [1.29, 1.82) is 0 Å². The van der Waals surface area contributed by atoms with Crippen LogP contribution in [0.15, 0.2) is 0 Å². The van der Waals surface area contributed by atoms with Gasteiger partial charge in [-0.15, -0.1) is 0 Å². The van der Waals surface area contributed by atoms with E-state index in [0.717, 1.165) is 0 Å². The second-order valence-electron chi connectivity index (χ2n) is 0.894. The van der Waals surface area contributed by atoms with Gasteiger partial charge in [-0.25, -0.2) is 0 Å². The third kappa shape index (κ3) is 471. The first-order valence-corrected chi connectivity index (χ1v) is 4.38. The first-order chi connectivity index (χ1) is 4.00. The maximum Gasteiger partial charge on any atom is 2.00 e. The molecule has 0 saturated carbocycles. The van der Waals surface area contributed by atoms with Crippen LogP contribution in [0.3, 0.4) is 0 Å². The summed E-state index contributed by atoms with van der Waals surface area (Å²) in [4.78, 5) is 51.3. The van der Waals surface area contributed by atoms with Crippen molar-refractivity contribution >= 4 is 53.4 Å². The third-order valence-electron chi connectivity index (χ3n) is 0. The Bertz CT molecular complexity index is 124. The summed E-state index contributed by atoms with van der Waals surface area (Å²) >= 11 is 0. The minimum Gasteiger partial charge on any atom is -0.822 e. The summed E-state index contributed by atoms with van der Waals surface area (Å²) in [7, 11) is -10.8. The molecule has 0 aliphatic rings. The van der Waals surface area contributed by atoms with Crippen molar-refractivity contribution in [3.8, 4) is 0 Å². The van der Waals surface area contributed by atoms with Crippen LogP contribution in [0.1, 0.15) is 0 Å². The topological polar surface area (TPSA) is 172 Å². The SMILES string of the molecule is O=P([O-])([O-])[O-].O=P([O-])([O-])[O-].[Ca+2]. The van der Waals surface area contributed by atoms with Crippen LogP contribution in [-0.4, -0.2) is 37.7 Å². The molecule has 0 rings (SSSR count). The Kier molecular flexibility index (Phi) is 11.5. The standard InChI is InChI=1S/Ca.2H3O4P/c;2*1-5(2,3)4/h;2*(H3,1,2,3,4)/q+2;;/p-6. The van der Waals surface area contributed by atoms with Gasteiger partial charge in [0, 0.05) is 0 Å². The average Bonchev–Trinajstić information content (AvgIpc) is 1.12. The molecule has 0 fully saturated rings. The monoisotopic (exact) mass is 230 g/mol. The van der Waals surface area contributed by atoms with Gasteiger partial charge in [0.05, 0.1) is 0 Å². The summed E-state index contributed by atoms with van der Waals surface area (Å²) in [6.45, 7) is 0. The predicted molar refractivity (Wildman–Crippen MR) is 21.0 cm³/mol. The molecule has 11 heavy (non-hydrogen) atoms. The summed E-state index contributed by atoms with van der Waals surface area (Å²) in [5.74, 6) is 0. The van der Waals surface area contributed by atoms with E-state index < -0.39 is 15.6 Å². The molecule has 0 radical (unpaired) electrons. The molecule has 0 heterocycles. The fourth-order valence-electron chi connectivity index (χ4n) is 0. The molecule has 64 valence electrons. The van der Waals surface area contributed by atoms with Crippen LogP contribution in [-0.2, 0) is 9.13 Å². The zero-order valence-corrected chi connectivity index (χ0v) is 8.86. The molecule has 0 amide bonds. The summed E-state index contributed by atoms with van der Waals surface area (Å²) in [5.41, 5.74) is 0. The van der Waals surface area contributed by atoms with Crippen LogP contribution in [0.2, 0.25) is 0 Å². The fraction of sp³-hybridized carbons (Fsp3) is 0. The van der Waals surface area contributed by atoms with Crippen LogP contribution in [0, 0.1) is 0 Å². The Labute approximate surface area is 91.4 Å². The Morgan fingerprint density at radius 2 is 0.636 bits per heavy atom. The summed E-state index contributed by atoms with van der Waals surface area (Å²) < 4.78 is 17.1. The molecule has 0 N–H and O–H groups in total. The Hall–Kier alpha value is 1.48. The van der Waals surface area contributed by atoms with Crippen molar-refractivity contribution in [2.24, 2.45) is 0 Å². The number of rotatable bonds is 0. The maximum atomic E-state index is 8.55. The summed E-state index contributed by atoms with van der Waals surface area (Å²) in [6, 6.07) is 0. The molecule has 0 aromatic carbocycles. The van der Waals surface area contributed by atoms with Gasteiger partial charge in [0.1, 0.15) is 0 Å². The van der Waals surface area contributed by atoms with E-state index in [1.165, 1.54) is 0 Å². The van der Waals surface area contributed by atoms with E-state index in [-0.39, 0.29) is 37.7 Å². The third-order valence-corrected chi connectivity index (χ3v) is 0. The molecular formula is CaO8P2-4. The van der Waals surface area contributed by atoms with Crippen LogP contribution in [0.25, 0.3) is 0 Å². The minimum absolute atomic E-state index is 0. The van der Waals surface area contributed by atoms with Crippen molar-refractivity contribution in [3.05, 3.63) is 0 Å². The van der Waals surface area contributed by atoms with Crippen LogP contribution < -0.4 is 29.4 Å². The largest absolute Gasteiger partial charge is 2.00 e. The predicted octanol–water partition coefficient (Wildman–Crippen LogP) is -6.03.